The summed E-state index contributed by atoms with van der Waals surface area (Å²) in [5, 5.41) is 9.76. The SMILES string of the molecule is Nc1ncnc2c1ncn2[C@@H]1O[C@H](CO)[C@H](Sc2ccccc2Cl)[C@H]1Cl. The zero-order valence-electron chi connectivity index (χ0n) is 13.4. The molecule has 0 bridgehead atoms. The number of benzene rings is 1. The molecule has 1 aromatic carbocycles. The van der Waals surface area contributed by atoms with Crippen molar-refractivity contribution in [3.63, 3.8) is 0 Å². The third kappa shape index (κ3) is 3.01. The molecule has 0 aliphatic carbocycles. The molecule has 136 valence electrons. The highest BCUT2D eigenvalue weighted by Crippen LogP contribution is 2.44. The standard InChI is InChI=1S/C16H15Cl2N5O2S/c17-8-3-1-2-4-10(8)26-13-9(5-24)25-16(11(13)18)23-7-22-12-14(19)20-6-21-15(12)23/h1-4,6-7,9,11,13,16,24H,5H2,(H2,19,20,21)/t9-,11-,13+,16-/m1/s1. The van der Waals surface area contributed by atoms with Crippen LogP contribution in [-0.2, 0) is 4.74 Å². The maximum Gasteiger partial charge on any atom is 0.167 e. The molecule has 10 heteroatoms. The molecule has 4 rings (SSSR count). The second kappa shape index (κ2) is 7.21. The van der Waals surface area contributed by atoms with Gasteiger partial charge < -0.3 is 15.6 Å². The van der Waals surface area contributed by atoms with Crippen LogP contribution in [0.3, 0.4) is 0 Å². The summed E-state index contributed by atoms with van der Waals surface area (Å²) in [5.74, 6) is 0.290. The van der Waals surface area contributed by atoms with Gasteiger partial charge in [0.25, 0.3) is 0 Å². The summed E-state index contributed by atoms with van der Waals surface area (Å²) in [6.07, 6.45) is 1.94. The molecule has 1 saturated heterocycles. The number of alkyl halides is 1. The number of hydrogen-bond acceptors (Lipinski definition) is 7. The van der Waals surface area contributed by atoms with Crippen LogP contribution in [0.5, 0.6) is 0 Å². The summed E-state index contributed by atoms with van der Waals surface area (Å²) in [5.41, 5.74) is 6.87. The van der Waals surface area contributed by atoms with Crippen molar-refractivity contribution in [2.45, 2.75) is 27.9 Å². The normalized spacial score (nSPS) is 25.8. The van der Waals surface area contributed by atoms with E-state index in [4.69, 9.17) is 33.7 Å². The average molecular weight is 412 g/mol. The van der Waals surface area contributed by atoms with E-state index in [2.05, 4.69) is 15.0 Å². The van der Waals surface area contributed by atoms with Gasteiger partial charge in [0.15, 0.2) is 17.7 Å². The van der Waals surface area contributed by atoms with Crippen LogP contribution in [-0.4, -0.2) is 48.0 Å². The van der Waals surface area contributed by atoms with Gasteiger partial charge in [-0.25, -0.2) is 15.0 Å². The van der Waals surface area contributed by atoms with Crippen molar-refractivity contribution in [1.29, 1.82) is 0 Å². The van der Waals surface area contributed by atoms with Gasteiger partial charge >= 0.3 is 0 Å². The van der Waals surface area contributed by atoms with Crippen LogP contribution in [0.25, 0.3) is 11.2 Å². The summed E-state index contributed by atoms with van der Waals surface area (Å²) in [7, 11) is 0. The predicted octanol–water partition coefficient (Wildman–Crippen LogP) is 2.72. The summed E-state index contributed by atoms with van der Waals surface area (Å²) in [6, 6.07) is 7.50. The highest BCUT2D eigenvalue weighted by molar-refractivity contribution is 8.00. The lowest BCUT2D eigenvalue weighted by Gasteiger charge is -2.18. The van der Waals surface area contributed by atoms with Crippen LogP contribution >= 0.6 is 35.0 Å². The number of aliphatic hydroxyl groups excluding tert-OH is 1. The molecule has 2 aromatic heterocycles. The number of fused-ring (bicyclic) bond motifs is 1. The summed E-state index contributed by atoms with van der Waals surface area (Å²) >= 11 is 14.5. The highest BCUT2D eigenvalue weighted by Gasteiger charge is 2.45. The number of nitrogens with two attached hydrogens (primary N) is 1. The fourth-order valence-corrected chi connectivity index (χ4v) is 4.91. The Bertz CT molecular complexity index is 940. The number of nitrogen functional groups attached to an aromatic ring is 1. The van der Waals surface area contributed by atoms with Gasteiger partial charge in [-0.15, -0.1) is 23.4 Å². The molecule has 0 amide bonds. The van der Waals surface area contributed by atoms with Crippen molar-refractivity contribution < 1.29 is 9.84 Å². The van der Waals surface area contributed by atoms with Crippen LogP contribution in [0.4, 0.5) is 5.82 Å². The molecule has 3 heterocycles. The van der Waals surface area contributed by atoms with E-state index >= 15 is 0 Å². The minimum absolute atomic E-state index is 0.161. The monoisotopic (exact) mass is 411 g/mol. The minimum Gasteiger partial charge on any atom is -0.394 e. The molecular formula is C16H15Cl2N5O2S. The quantitative estimate of drug-likeness (QED) is 0.636. The van der Waals surface area contributed by atoms with Gasteiger partial charge in [0.1, 0.15) is 11.8 Å². The molecule has 4 atom stereocenters. The molecule has 1 aliphatic heterocycles. The van der Waals surface area contributed by atoms with E-state index < -0.39 is 17.7 Å². The summed E-state index contributed by atoms with van der Waals surface area (Å²) in [6.45, 7) is -0.161. The molecular weight excluding hydrogens is 397 g/mol. The van der Waals surface area contributed by atoms with E-state index in [1.807, 2.05) is 24.3 Å². The summed E-state index contributed by atoms with van der Waals surface area (Å²) < 4.78 is 7.74. The predicted molar refractivity (Wildman–Crippen MR) is 101 cm³/mol. The second-order valence-electron chi connectivity index (χ2n) is 5.79. The average Bonchev–Trinajstić information content (AvgIpc) is 3.20. The number of nitrogens with zero attached hydrogens (tertiary/aromatic N) is 4. The topological polar surface area (TPSA) is 99.1 Å². The third-order valence-corrected chi connectivity index (χ3v) is 6.76. The summed E-state index contributed by atoms with van der Waals surface area (Å²) in [4.78, 5) is 13.3. The Morgan fingerprint density at radius 3 is 2.85 bits per heavy atom. The smallest absolute Gasteiger partial charge is 0.167 e. The number of ether oxygens (including phenoxy) is 1. The number of anilines is 1. The first-order valence-electron chi connectivity index (χ1n) is 7.84. The van der Waals surface area contributed by atoms with Crippen molar-refractivity contribution >= 4 is 51.9 Å². The van der Waals surface area contributed by atoms with Gasteiger partial charge in [0, 0.05) is 4.90 Å². The number of thioether (sulfide) groups is 1. The van der Waals surface area contributed by atoms with E-state index in [0.29, 0.717) is 22.0 Å². The highest BCUT2D eigenvalue weighted by atomic mass is 35.5. The third-order valence-electron chi connectivity index (χ3n) is 4.21. The number of aliphatic hydroxyl groups is 1. The zero-order chi connectivity index (χ0) is 18.3. The van der Waals surface area contributed by atoms with Crippen LogP contribution in [0.2, 0.25) is 5.02 Å². The minimum atomic E-state index is -0.548. The Morgan fingerprint density at radius 2 is 2.08 bits per heavy atom. The van der Waals surface area contributed by atoms with E-state index in [1.54, 1.807) is 10.9 Å². The Hall–Kier alpha value is -1.58. The van der Waals surface area contributed by atoms with Crippen LogP contribution in [0, 0.1) is 0 Å². The van der Waals surface area contributed by atoms with E-state index in [0.717, 1.165) is 4.90 Å². The van der Waals surface area contributed by atoms with Gasteiger partial charge in [-0.1, -0.05) is 23.7 Å². The van der Waals surface area contributed by atoms with E-state index in [9.17, 15) is 5.11 Å². The number of aromatic nitrogens is 4. The maximum absolute atomic E-state index is 9.77. The molecule has 0 spiro atoms. The van der Waals surface area contributed by atoms with Crippen molar-refractivity contribution in [3.8, 4) is 0 Å². The van der Waals surface area contributed by atoms with Gasteiger partial charge in [-0.3, -0.25) is 4.57 Å². The van der Waals surface area contributed by atoms with Gasteiger partial charge in [-0.2, -0.15) is 0 Å². The van der Waals surface area contributed by atoms with Gasteiger partial charge in [0.2, 0.25) is 0 Å². The Morgan fingerprint density at radius 1 is 1.27 bits per heavy atom. The van der Waals surface area contributed by atoms with Crippen LogP contribution < -0.4 is 5.73 Å². The number of rotatable bonds is 4. The molecule has 3 aromatic rings. The first kappa shape index (κ1) is 17.8. The van der Waals surface area contributed by atoms with Gasteiger partial charge in [0.05, 0.1) is 34.7 Å². The number of halogens is 2. The van der Waals surface area contributed by atoms with Gasteiger partial charge in [-0.05, 0) is 12.1 Å². The number of hydrogen-bond donors (Lipinski definition) is 2. The molecule has 0 unspecified atom stereocenters. The lowest BCUT2D eigenvalue weighted by molar-refractivity contribution is -0.0190. The molecule has 1 aliphatic rings. The van der Waals surface area contributed by atoms with Crippen molar-refractivity contribution in [1.82, 2.24) is 19.5 Å². The van der Waals surface area contributed by atoms with E-state index in [1.165, 1.54) is 18.1 Å². The fraction of sp³-hybridized carbons (Fsp3) is 0.312. The largest absolute Gasteiger partial charge is 0.394 e. The first-order chi connectivity index (χ1) is 12.6. The van der Waals surface area contributed by atoms with Crippen molar-refractivity contribution in [2.24, 2.45) is 0 Å². The van der Waals surface area contributed by atoms with Crippen LogP contribution in [0.15, 0.2) is 41.8 Å². The maximum atomic E-state index is 9.77. The fourth-order valence-electron chi connectivity index (χ4n) is 2.95. The lowest BCUT2D eigenvalue weighted by Crippen LogP contribution is -2.27. The molecule has 26 heavy (non-hydrogen) atoms. The zero-order valence-corrected chi connectivity index (χ0v) is 15.7. The van der Waals surface area contributed by atoms with Crippen LogP contribution in [0.1, 0.15) is 6.23 Å². The van der Waals surface area contributed by atoms with Crippen molar-refractivity contribution in [3.05, 3.63) is 41.9 Å². The molecule has 1 fully saturated rings. The molecule has 0 saturated carbocycles. The van der Waals surface area contributed by atoms with Crippen molar-refractivity contribution in [2.75, 3.05) is 12.3 Å². The van der Waals surface area contributed by atoms with E-state index in [-0.39, 0.29) is 11.9 Å². The molecule has 3 N–H and O–H groups in total. The second-order valence-corrected chi connectivity index (χ2v) is 7.92. The Kier molecular flexibility index (Phi) is 4.94. The Labute approximate surface area is 163 Å². The lowest BCUT2D eigenvalue weighted by atomic mass is 10.2. The number of imidazole rings is 1. The molecule has 0 radical (unpaired) electrons. The Balaban J connectivity index is 1.66. The first-order valence-corrected chi connectivity index (χ1v) is 9.54. The molecule has 7 nitrogen and oxygen atoms in total.